The van der Waals surface area contributed by atoms with Gasteiger partial charge in [-0.3, -0.25) is 10.1 Å². The van der Waals surface area contributed by atoms with Crippen LogP contribution in [0.4, 0.5) is 15.9 Å². The smallest absolute Gasteiger partial charge is 0.331 e. The summed E-state index contributed by atoms with van der Waals surface area (Å²) in [5.74, 6) is 0.134. The molecule has 6 nitrogen and oxygen atoms in total. The fourth-order valence-corrected chi connectivity index (χ4v) is 1.40. The lowest BCUT2D eigenvalue weighted by Gasteiger charge is -2.07. The molecule has 0 spiro atoms. The van der Waals surface area contributed by atoms with E-state index in [9.17, 15) is 14.5 Å². The normalized spacial score (nSPS) is 10.0. The monoisotopic (exact) mass is 263 g/mol. The van der Waals surface area contributed by atoms with Gasteiger partial charge in [0.15, 0.2) is 0 Å². The maximum Gasteiger partial charge on any atom is 0.331 e. The van der Waals surface area contributed by atoms with Crippen LogP contribution in [0.5, 0.6) is 11.6 Å². The van der Waals surface area contributed by atoms with Crippen molar-refractivity contribution in [3.05, 3.63) is 52.3 Å². The molecule has 2 aromatic rings. The average Bonchev–Trinajstić information content (AvgIpc) is 2.41. The Kier molecular flexibility index (Phi) is 3.56. The molecule has 1 aromatic heterocycles. The Morgan fingerprint density at radius 1 is 1.26 bits per heavy atom. The molecule has 1 N–H and O–H groups in total. The van der Waals surface area contributed by atoms with Gasteiger partial charge in [0.05, 0.1) is 4.92 Å². The van der Waals surface area contributed by atoms with E-state index in [-0.39, 0.29) is 17.3 Å². The number of anilines is 1. The number of nitrogens with zero attached hydrogens (tertiary/aromatic N) is 2. The molecule has 0 radical (unpaired) electrons. The first kappa shape index (κ1) is 12.7. The van der Waals surface area contributed by atoms with Crippen molar-refractivity contribution < 1.29 is 14.1 Å². The zero-order valence-electron chi connectivity index (χ0n) is 9.96. The minimum atomic E-state index is -0.592. The summed E-state index contributed by atoms with van der Waals surface area (Å²) in [6, 6.07) is 7.89. The number of ether oxygens (including phenoxy) is 1. The lowest BCUT2D eigenvalue weighted by Crippen LogP contribution is -1.99. The van der Waals surface area contributed by atoms with Crippen LogP contribution in [0.2, 0.25) is 0 Å². The number of hydrogen-bond acceptors (Lipinski definition) is 5. The Bertz CT molecular complexity index is 602. The fraction of sp³-hybridized carbons (Fsp3) is 0.0833. The van der Waals surface area contributed by atoms with Gasteiger partial charge in [0, 0.05) is 13.1 Å². The number of halogens is 1. The molecular weight excluding hydrogens is 253 g/mol. The largest absolute Gasteiger partial charge is 0.434 e. The van der Waals surface area contributed by atoms with Crippen LogP contribution >= 0.6 is 0 Å². The highest BCUT2D eigenvalue weighted by molar-refractivity contribution is 5.50. The molecule has 19 heavy (non-hydrogen) atoms. The van der Waals surface area contributed by atoms with E-state index < -0.39 is 10.7 Å². The summed E-state index contributed by atoms with van der Waals surface area (Å²) in [5, 5.41) is 13.6. The van der Waals surface area contributed by atoms with Crippen molar-refractivity contribution in [2.24, 2.45) is 0 Å². The third-order valence-corrected chi connectivity index (χ3v) is 2.32. The molecule has 0 saturated heterocycles. The maximum atomic E-state index is 12.8. The van der Waals surface area contributed by atoms with E-state index in [4.69, 9.17) is 4.74 Å². The molecule has 7 heteroatoms. The van der Waals surface area contributed by atoms with Crippen molar-refractivity contribution in [3.8, 4) is 11.6 Å². The summed E-state index contributed by atoms with van der Waals surface area (Å²) >= 11 is 0. The van der Waals surface area contributed by atoms with Gasteiger partial charge in [0.25, 0.3) is 0 Å². The molecule has 0 atom stereocenters. The van der Waals surface area contributed by atoms with Gasteiger partial charge >= 0.3 is 11.6 Å². The molecule has 0 aliphatic heterocycles. The molecule has 0 aliphatic rings. The number of pyridine rings is 1. The number of aromatic nitrogens is 1. The van der Waals surface area contributed by atoms with Gasteiger partial charge in [-0.05, 0) is 30.3 Å². The Morgan fingerprint density at radius 3 is 2.53 bits per heavy atom. The Labute approximate surface area is 108 Å². The van der Waals surface area contributed by atoms with Gasteiger partial charge in [0.1, 0.15) is 17.4 Å². The first-order chi connectivity index (χ1) is 9.10. The SMILES string of the molecule is CNc1ccc([N+](=O)[O-])c(Oc2ccc(F)cc2)n1. The van der Waals surface area contributed by atoms with Crippen molar-refractivity contribution in [3.63, 3.8) is 0 Å². The number of nitro groups is 1. The van der Waals surface area contributed by atoms with Crippen molar-refractivity contribution in [1.82, 2.24) is 4.98 Å². The summed E-state index contributed by atoms with van der Waals surface area (Å²) in [6.07, 6.45) is 0. The first-order valence-corrected chi connectivity index (χ1v) is 5.37. The van der Waals surface area contributed by atoms with Gasteiger partial charge in [-0.25, -0.2) is 4.39 Å². The Balaban J connectivity index is 2.36. The zero-order chi connectivity index (χ0) is 13.8. The van der Waals surface area contributed by atoms with Crippen molar-refractivity contribution in [1.29, 1.82) is 0 Å². The molecular formula is C12H10FN3O3. The average molecular weight is 263 g/mol. The summed E-state index contributed by atoms with van der Waals surface area (Å²) in [7, 11) is 1.63. The molecule has 0 aliphatic carbocycles. The summed E-state index contributed by atoms with van der Waals surface area (Å²) in [5.41, 5.74) is -0.261. The van der Waals surface area contributed by atoms with E-state index in [1.165, 1.54) is 36.4 Å². The highest BCUT2D eigenvalue weighted by Gasteiger charge is 2.18. The van der Waals surface area contributed by atoms with Crippen LogP contribution in [0.25, 0.3) is 0 Å². The van der Waals surface area contributed by atoms with E-state index in [1.807, 2.05) is 0 Å². The standard InChI is InChI=1S/C12H10FN3O3/c1-14-11-7-6-10(16(17)18)12(15-11)19-9-4-2-8(13)3-5-9/h2-7H,1H3,(H,14,15). The lowest BCUT2D eigenvalue weighted by molar-refractivity contribution is -0.386. The fourth-order valence-electron chi connectivity index (χ4n) is 1.40. The minimum absolute atomic E-state index is 0.150. The van der Waals surface area contributed by atoms with Gasteiger partial charge in [-0.1, -0.05) is 0 Å². The van der Waals surface area contributed by atoms with Crippen molar-refractivity contribution in [2.45, 2.75) is 0 Å². The predicted molar refractivity (Wildman–Crippen MR) is 66.9 cm³/mol. The third kappa shape index (κ3) is 2.95. The molecule has 0 fully saturated rings. The van der Waals surface area contributed by atoms with Crippen LogP contribution in [-0.2, 0) is 0 Å². The molecule has 0 unspecified atom stereocenters. The lowest BCUT2D eigenvalue weighted by atomic mass is 10.3. The van der Waals surface area contributed by atoms with Crippen LogP contribution in [-0.4, -0.2) is 17.0 Å². The molecule has 1 aromatic carbocycles. The second kappa shape index (κ2) is 5.30. The first-order valence-electron chi connectivity index (χ1n) is 5.37. The third-order valence-electron chi connectivity index (χ3n) is 2.32. The number of benzene rings is 1. The predicted octanol–water partition coefficient (Wildman–Crippen LogP) is 2.96. The van der Waals surface area contributed by atoms with Gasteiger partial charge < -0.3 is 10.1 Å². The highest BCUT2D eigenvalue weighted by atomic mass is 19.1. The molecule has 2 rings (SSSR count). The van der Waals surface area contributed by atoms with Gasteiger partial charge in [0.2, 0.25) is 0 Å². The van der Waals surface area contributed by atoms with Crippen LogP contribution in [0.15, 0.2) is 36.4 Å². The van der Waals surface area contributed by atoms with E-state index in [1.54, 1.807) is 7.05 Å². The Morgan fingerprint density at radius 2 is 1.95 bits per heavy atom. The topological polar surface area (TPSA) is 77.3 Å². The Hall–Kier alpha value is -2.70. The van der Waals surface area contributed by atoms with Gasteiger partial charge in [-0.2, -0.15) is 4.98 Å². The molecule has 0 bridgehead atoms. The molecule has 1 heterocycles. The van der Waals surface area contributed by atoms with E-state index in [2.05, 4.69) is 10.3 Å². The van der Waals surface area contributed by atoms with Crippen LogP contribution in [0.1, 0.15) is 0 Å². The molecule has 0 amide bonds. The van der Waals surface area contributed by atoms with E-state index >= 15 is 0 Å². The van der Waals surface area contributed by atoms with E-state index in [0.29, 0.717) is 5.82 Å². The van der Waals surface area contributed by atoms with Crippen molar-refractivity contribution >= 4 is 11.5 Å². The molecule has 0 saturated carbocycles. The van der Waals surface area contributed by atoms with Crippen LogP contribution < -0.4 is 10.1 Å². The second-order valence-corrected chi connectivity index (χ2v) is 3.58. The second-order valence-electron chi connectivity index (χ2n) is 3.58. The molecule has 98 valence electrons. The van der Waals surface area contributed by atoms with Gasteiger partial charge in [-0.15, -0.1) is 0 Å². The van der Waals surface area contributed by atoms with Crippen molar-refractivity contribution in [2.75, 3.05) is 12.4 Å². The van der Waals surface area contributed by atoms with Crippen LogP contribution in [0, 0.1) is 15.9 Å². The zero-order valence-corrected chi connectivity index (χ0v) is 9.96. The minimum Gasteiger partial charge on any atom is -0.434 e. The van der Waals surface area contributed by atoms with Crippen LogP contribution in [0.3, 0.4) is 0 Å². The van der Waals surface area contributed by atoms with E-state index in [0.717, 1.165) is 0 Å². The summed E-state index contributed by atoms with van der Waals surface area (Å²) < 4.78 is 18.1. The highest BCUT2D eigenvalue weighted by Crippen LogP contribution is 2.30. The number of rotatable bonds is 4. The summed E-state index contributed by atoms with van der Waals surface area (Å²) in [6.45, 7) is 0. The number of hydrogen-bond donors (Lipinski definition) is 1. The maximum absolute atomic E-state index is 12.8. The number of nitrogens with one attached hydrogen (secondary N) is 1. The summed E-state index contributed by atoms with van der Waals surface area (Å²) in [4.78, 5) is 14.2. The quantitative estimate of drug-likeness (QED) is 0.677.